The quantitative estimate of drug-likeness (QED) is 0.900. The minimum absolute atomic E-state index is 0.195. The molecule has 0 spiro atoms. The monoisotopic (exact) mass is 253 g/mol. The number of nitriles is 1. The second-order valence-electron chi connectivity index (χ2n) is 4.90. The lowest BCUT2D eigenvalue weighted by atomic mass is 10.1. The number of aryl methyl sites for hydroxylation is 1. The van der Waals surface area contributed by atoms with Crippen molar-refractivity contribution in [3.63, 3.8) is 0 Å². The van der Waals surface area contributed by atoms with Crippen LogP contribution in [0, 0.1) is 18.3 Å². The minimum Gasteiger partial charge on any atom is -0.310 e. The first-order chi connectivity index (χ1) is 9.26. The molecule has 1 aliphatic carbocycles. The van der Waals surface area contributed by atoms with E-state index in [2.05, 4.69) is 33.6 Å². The van der Waals surface area contributed by atoms with Crippen molar-refractivity contribution in [3.05, 3.63) is 41.5 Å². The van der Waals surface area contributed by atoms with E-state index in [0.29, 0.717) is 6.04 Å². The fraction of sp³-hybridized carbons (Fsp3) is 0.357. The molecule has 0 atom stereocenters. The average Bonchev–Trinajstić information content (AvgIpc) is 3.13. The number of hydrogen-bond donors (Lipinski definition) is 1. The minimum atomic E-state index is 0.195. The third kappa shape index (κ3) is 2.64. The summed E-state index contributed by atoms with van der Waals surface area (Å²) in [5.74, 6) is 0.195. The number of nitrogens with zero attached hydrogens (tertiary/aromatic N) is 4. The summed E-state index contributed by atoms with van der Waals surface area (Å²) < 4.78 is 1.66. The maximum atomic E-state index is 8.78. The van der Waals surface area contributed by atoms with Crippen LogP contribution in [-0.2, 0) is 6.54 Å². The number of nitrogens with one attached hydrogen (secondary N) is 1. The molecule has 1 saturated carbocycles. The van der Waals surface area contributed by atoms with Crippen LogP contribution in [0.1, 0.15) is 29.8 Å². The molecule has 1 aliphatic rings. The lowest BCUT2D eigenvalue weighted by Crippen LogP contribution is -2.15. The van der Waals surface area contributed by atoms with Crippen LogP contribution >= 0.6 is 0 Å². The number of benzene rings is 1. The lowest BCUT2D eigenvalue weighted by molar-refractivity contribution is 0.686. The zero-order chi connectivity index (χ0) is 13.2. The standard InChI is InChI=1S/C14H15N5/c1-10-2-3-11(8-16-12-4-5-12)6-13(10)19-9-17-14(7-15)18-19/h2-3,6,9,12,16H,4-5,8H2,1H3. The fourth-order valence-electron chi connectivity index (χ4n) is 1.99. The van der Waals surface area contributed by atoms with Gasteiger partial charge in [-0.3, -0.25) is 0 Å². The topological polar surface area (TPSA) is 66.5 Å². The fourth-order valence-corrected chi connectivity index (χ4v) is 1.99. The van der Waals surface area contributed by atoms with E-state index in [0.717, 1.165) is 17.8 Å². The summed E-state index contributed by atoms with van der Waals surface area (Å²) in [4.78, 5) is 3.94. The van der Waals surface area contributed by atoms with Crippen molar-refractivity contribution in [2.24, 2.45) is 0 Å². The predicted octanol–water partition coefficient (Wildman–Crippen LogP) is 1.70. The zero-order valence-corrected chi connectivity index (χ0v) is 10.8. The van der Waals surface area contributed by atoms with Crippen LogP contribution in [-0.4, -0.2) is 20.8 Å². The van der Waals surface area contributed by atoms with Crippen LogP contribution in [0.5, 0.6) is 0 Å². The van der Waals surface area contributed by atoms with Crippen molar-refractivity contribution in [1.82, 2.24) is 20.1 Å². The average molecular weight is 253 g/mol. The highest BCUT2D eigenvalue weighted by atomic mass is 15.3. The Morgan fingerprint density at radius 3 is 3.00 bits per heavy atom. The van der Waals surface area contributed by atoms with Gasteiger partial charge in [0, 0.05) is 12.6 Å². The van der Waals surface area contributed by atoms with Gasteiger partial charge >= 0.3 is 0 Å². The normalized spacial score (nSPS) is 14.3. The lowest BCUT2D eigenvalue weighted by Gasteiger charge is -2.09. The molecule has 1 N–H and O–H groups in total. The molecular formula is C14H15N5. The summed E-state index contributed by atoms with van der Waals surface area (Å²) in [7, 11) is 0. The van der Waals surface area contributed by atoms with E-state index >= 15 is 0 Å². The second-order valence-corrected chi connectivity index (χ2v) is 4.90. The largest absolute Gasteiger partial charge is 0.310 e. The molecule has 1 aromatic carbocycles. The highest BCUT2D eigenvalue weighted by molar-refractivity contribution is 5.42. The van der Waals surface area contributed by atoms with Gasteiger partial charge in [0.15, 0.2) is 0 Å². The summed E-state index contributed by atoms with van der Waals surface area (Å²) in [6.45, 7) is 2.90. The van der Waals surface area contributed by atoms with E-state index in [9.17, 15) is 0 Å². The van der Waals surface area contributed by atoms with E-state index in [1.54, 1.807) is 11.0 Å². The molecule has 5 nitrogen and oxygen atoms in total. The Kier molecular flexibility index (Phi) is 3.02. The van der Waals surface area contributed by atoms with Gasteiger partial charge in [-0.1, -0.05) is 12.1 Å². The molecular weight excluding hydrogens is 238 g/mol. The molecule has 0 amide bonds. The van der Waals surface area contributed by atoms with Gasteiger partial charge in [-0.25, -0.2) is 9.67 Å². The number of hydrogen-bond acceptors (Lipinski definition) is 4. The van der Waals surface area contributed by atoms with Crippen LogP contribution in [0.4, 0.5) is 0 Å². The van der Waals surface area contributed by atoms with Crippen molar-refractivity contribution in [3.8, 4) is 11.8 Å². The van der Waals surface area contributed by atoms with Gasteiger partial charge in [0.1, 0.15) is 12.4 Å². The molecule has 1 heterocycles. The molecule has 0 radical (unpaired) electrons. The molecule has 0 bridgehead atoms. The Morgan fingerprint density at radius 1 is 1.47 bits per heavy atom. The number of rotatable bonds is 4. The van der Waals surface area contributed by atoms with Crippen LogP contribution in [0.25, 0.3) is 5.69 Å². The first-order valence-electron chi connectivity index (χ1n) is 6.41. The molecule has 2 aromatic rings. The van der Waals surface area contributed by atoms with Crippen molar-refractivity contribution < 1.29 is 0 Å². The molecule has 1 fully saturated rings. The van der Waals surface area contributed by atoms with E-state index in [1.165, 1.54) is 18.4 Å². The van der Waals surface area contributed by atoms with Crippen molar-refractivity contribution in [2.45, 2.75) is 32.4 Å². The van der Waals surface area contributed by atoms with Crippen LogP contribution < -0.4 is 5.32 Å². The summed E-state index contributed by atoms with van der Waals surface area (Å²) in [6.07, 6.45) is 4.15. The summed E-state index contributed by atoms with van der Waals surface area (Å²) >= 11 is 0. The molecule has 3 rings (SSSR count). The van der Waals surface area contributed by atoms with E-state index in [-0.39, 0.29) is 5.82 Å². The highest BCUT2D eigenvalue weighted by Gasteiger charge is 2.20. The second kappa shape index (κ2) is 4.82. The third-order valence-electron chi connectivity index (χ3n) is 3.28. The first kappa shape index (κ1) is 11.9. The molecule has 0 saturated heterocycles. The molecule has 0 aliphatic heterocycles. The van der Waals surface area contributed by atoms with E-state index in [1.807, 2.05) is 13.0 Å². The predicted molar refractivity (Wildman–Crippen MR) is 70.7 cm³/mol. The van der Waals surface area contributed by atoms with Crippen LogP contribution in [0.3, 0.4) is 0 Å². The van der Waals surface area contributed by atoms with Gasteiger partial charge in [-0.15, -0.1) is 5.10 Å². The SMILES string of the molecule is Cc1ccc(CNC2CC2)cc1-n1cnc(C#N)n1. The Hall–Kier alpha value is -2.19. The van der Waals surface area contributed by atoms with Gasteiger partial charge in [0.2, 0.25) is 0 Å². The Morgan fingerprint density at radius 2 is 2.32 bits per heavy atom. The Bertz CT molecular complexity index is 634. The summed E-state index contributed by atoms with van der Waals surface area (Å²) in [5, 5.41) is 16.4. The maximum absolute atomic E-state index is 8.78. The molecule has 0 unspecified atom stereocenters. The molecule has 96 valence electrons. The van der Waals surface area contributed by atoms with Gasteiger partial charge in [0.05, 0.1) is 5.69 Å². The van der Waals surface area contributed by atoms with Gasteiger partial charge < -0.3 is 5.32 Å². The van der Waals surface area contributed by atoms with Gasteiger partial charge in [-0.2, -0.15) is 5.26 Å². The van der Waals surface area contributed by atoms with Crippen molar-refractivity contribution in [2.75, 3.05) is 0 Å². The number of aromatic nitrogens is 3. The smallest absolute Gasteiger partial charge is 0.252 e. The third-order valence-corrected chi connectivity index (χ3v) is 3.28. The Balaban J connectivity index is 1.86. The van der Waals surface area contributed by atoms with E-state index < -0.39 is 0 Å². The zero-order valence-electron chi connectivity index (χ0n) is 10.8. The van der Waals surface area contributed by atoms with Crippen molar-refractivity contribution >= 4 is 0 Å². The molecule has 19 heavy (non-hydrogen) atoms. The molecule has 1 aromatic heterocycles. The Labute approximate surface area is 111 Å². The van der Waals surface area contributed by atoms with Crippen LogP contribution in [0.15, 0.2) is 24.5 Å². The summed E-state index contributed by atoms with van der Waals surface area (Å²) in [5.41, 5.74) is 3.31. The highest BCUT2D eigenvalue weighted by Crippen LogP contribution is 2.20. The maximum Gasteiger partial charge on any atom is 0.252 e. The van der Waals surface area contributed by atoms with E-state index in [4.69, 9.17) is 5.26 Å². The van der Waals surface area contributed by atoms with Crippen molar-refractivity contribution in [1.29, 1.82) is 5.26 Å². The molecule has 5 heteroatoms. The first-order valence-corrected chi connectivity index (χ1v) is 6.41. The van der Waals surface area contributed by atoms with Gasteiger partial charge in [0.25, 0.3) is 5.82 Å². The van der Waals surface area contributed by atoms with Gasteiger partial charge in [-0.05, 0) is 37.0 Å². The summed E-state index contributed by atoms with van der Waals surface area (Å²) in [6, 6.07) is 8.94. The van der Waals surface area contributed by atoms with Crippen LogP contribution in [0.2, 0.25) is 0 Å².